The third-order valence-corrected chi connectivity index (χ3v) is 5.15. The molecule has 2 aliphatic heterocycles. The second-order valence-electron chi connectivity index (χ2n) is 6.36. The van der Waals surface area contributed by atoms with E-state index in [0.29, 0.717) is 6.04 Å². The van der Waals surface area contributed by atoms with Crippen molar-refractivity contribution in [3.63, 3.8) is 0 Å². The molecule has 2 atom stereocenters. The maximum Gasteiger partial charge on any atom is 0.122 e. The second-order valence-corrected chi connectivity index (χ2v) is 6.36. The lowest BCUT2D eigenvalue weighted by atomic mass is 9.80. The summed E-state index contributed by atoms with van der Waals surface area (Å²) < 4.78 is 5.39. The lowest BCUT2D eigenvalue weighted by Crippen LogP contribution is -2.45. The van der Waals surface area contributed by atoms with Crippen LogP contribution in [0.15, 0.2) is 12.1 Å². The van der Waals surface area contributed by atoms with Crippen molar-refractivity contribution >= 4 is 0 Å². The Morgan fingerprint density at radius 1 is 1.20 bits per heavy atom. The number of benzene rings is 1. The zero-order valence-electron chi connectivity index (χ0n) is 12.8. The minimum Gasteiger partial charge on any atom is -0.496 e. The number of aryl methyl sites for hydroxylation is 2. The summed E-state index contributed by atoms with van der Waals surface area (Å²) in [6, 6.07) is 4.49. The van der Waals surface area contributed by atoms with Crippen LogP contribution in [0.25, 0.3) is 0 Å². The molecule has 0 radical (unpaired) electrons. The highest BCUT2D eigenvalue weighted by Gasteiger charge is 2.48. The molecule has 1 N–H and O–H groups in total. The van der Waals surface area contributed by atoms with Crippen LogP contribution in [0.1, 0.15) is 42.4 Å². The van der Waals surface area contributed by atoms with Gasteiger partial charge in [-0.15, -0.1) is 0 Å². The van der Waals surface area contributed by atoms with Gasteiger partial charge in [-0.1, -0.05) is 6.42 Å². The van der Waals surface area contributed by atoms with Gasteiger partial charge in [0.25, 0.3) is 0 Å². The standard InChI is InChI=1S/C17H25NO2/c1-12-11-15(20-3)13(2)10-14(12)17(19)7-9-18-8-5-4-6-16(17)18/h10-11,16,19H,4-9H2,1-3H3. The summed E-state index contributed by atoms with van der Waals surface area (Å²) in [4.78, 5) is 2.47. The fourth-order valence-corrected chi connectivity index (χ4v) is 4.07. The first kappa shape index (κ1) is 13.9. The summed E-state index contributed by atoms with van der Waals surface area (Å²) in [5, 5.41) is 11.3. The van der Waals surface area contributed by atoms with Gasteiger partial charge in [-0.2, -0.15) is 0 Å². The summed E-state index contributed by atoms with van der Waals surface area (Å²) in [5.41, 5.74) is 2.67. The molecule has 2 saturated heterocycles. The Bertz CT molecular complexity index is 514. The molecule has 20 heavy (non-hydrogen) atoms. The highest BCUT2D eigenvalue weighted by Crippen LogP contribution is 2.44. The molecule has 3 rings (SSSR count). The van der Waals surface area contributed by atoms with Gasteiger partial charge in [-0.25, -0.2) is 0 Å². The molecule has 0 amide bonds. The molecule has 0 aromatic heterocycles. The number of fused-ring (bicyclic) bond motifs is 1. The van der Waals surface area contributed by atoms with Crippen molar-refractivity contribution in [2.45, 2.75) is 51.2 Å². The Morgan fingerprint density at radius 2 is 2.00 bits per heavy atom. The third kappa shape index (κ3) is 2.04. The van der Waals surface area contributed by atoms with E-state index < -0.39 is 5.60 Å². The first-order valence-electron chi connectivity index (χ1n) is 7.68. The first-order valence-corrected chi connectivity index (χ1v) is 7.68. The van der Waals surface area contributed by atoms with Gasteiger partial charge in [0, 0.05) is 12.6 Å². The highest BCUT2D eigenvalue weighted by atomic mass is 16.5. The SMILES string of the molecule is COc1cc(C)c(C2(O)CCN3CCCCC32)cc1C. The molecule has 0 spiro atoms. The number of hydrogen-bond donors (Lipinski definition) is 1. The van der Waals surface area contributed by atoms with Crippen molar-refractivity contribution in [2.24, 2.45) is 0 Å². The van der Waals surface area contributed by atoms with Gasteiger partial charge in [0.2, 0.25) is 0 Å². The summed E-state index contributed by atoms with van der Waals surface area (Å²) in [6.07, 6.45) is 4.47. The van der Waals surface area contributed by atoms with Crippen molar-refractivity contribution in [1.82, 2.24) is 4.90 Å². The maximum absolute atomic E-state index is 11.3. The normalized spacial score (nSPS) is 30.3. The number of hydrogen-bond acceptors (Lipinski definition) is 3. The molecule has 2 heterocycles. The molecule has 0 saturated carbocycles. The van der Waals surface area contributed by atoms with E-state index in [1.165, 1.54) is 12.8 Å². The molecule has 2 unspecified atom stereocenters. The van der Waals surface area contributed by atoms with Crippen LogP contribution < -0.4 is 4.74 Å². The van der Waals surface area contributed by atoms with Gasteiger partial charge in [0.15, 0.2) is 0 Å². The van der Waals surface area contributed by atoms with Gasteiger partial charge in [0.1, 0.15) is 11.4 Å². The quantitative estimate of drug-likeness (QED) is 0.901. The summed E-state index contributed by atoms with van der Waals surface area (Å²) in [7, 11) is 1.70. The van der Waals surface area contributed by atoms with Gasteiger partial charge in [0.05, 0.1) is 7.11 Å². The van der Waals surface area contributed by atoms with Crippen LogP contribution in [0, 0.1) is 13.8 Å². The lowest BCUT2D eigenvalue weighted by molar-refractivity contribution is -0.0143. The Labute approximate surface area is 121 Å². The van der Waals surface area contributed by atoms with E-state index in [1.807, 2.05) is 0 Å². The second kappa shape index (κ2) is 5.05. The smallest absolute Gasteiger partial charge is 0.122 e. The van der Waals surface area contributed by atoms with Crippen molar-refractivity contribution < 1.29 is 9.84 Å². The molecule has 1 aromatic carbocycles. The molecular formula is C17H25NO2. The number of piperidine rings is 1. The molecule has 110 valence electrons. The minimum atomic E-state index is -0.679. The van der Waals surface area contributed by atoms with Gasteiger partial charge < -0.3 is 9.84 Å². The van der Waals surface area contributed by atoms with Crippen LogP contribution in [0.4, 0.5) is 0 Å². The Balaban J connectivity index is 2.01. The van der Waals surface area contributed by atoms with E-state index in [1.54, 1.807) is 7.11 Å². The fraction of sp³-hybridized carbons (Fsp3) is 0.647. The maximum atomic E-state index is 11.3. The minimum absolute atomic E-state index is 0.294. The van der Waals surface area contributed by atoms with Crippen LogP contribution in [-0.4, -0.2) is 36.2 Å². The van der Waals surface area contributed by atoms with E-state index in [9.17, 15) is 5.11 Å². The number of aliphatic hydroxyl groups is 1. The molecule has 2 aliphatic rings. The number of nitrogens with zero attached hydrogens (tertiary/aromatic N) is 1. The molecule has 3 nitrogen and oxygen atoms in total. The van der Waals surface area contributed by atoms with Crippen molar-refractivity contribution in [3.05, 3.63) is 28.8 Å². The first-order chi connectivity index (χ1) is 9.56. The predicted molar refractivity (Wildman–Crippen MR) is 80.2 cm³/mol. The Kier molecular flexibility index (Phi) is 3.51. The van der Waals surface area contributed by atoms with Crippen LogP contribution >= 0.6 is 0 Å². The van der Waals surface area contributed by atoms with Crippen LogP contribution in [0.2, 0.25) is 0 Å². The Morgan fingerprint density at radius 3 is 2.75 bits per heavy atom. The van der Waals surface area contributed by atoms with Crippen LogP contribution in [0.5, 0.6) is 5.75 Å². The number of methoxy groups -OCH3 is 1. The van der Waals surface area contributed by atoms with Crippen LogP contribution in [0.3, 0.4) is 0 Å². The predicted octanol–water partition coefficient (Wildman–Crippen LogP) is 2.76. The van der Waals surface area contributed by atoms with Gasteiger partial charge in [-0.05, 0) is 68.5 Å². The molecular weight excluding hydrogens is 250 g/mol. The van der Waals surface area contributed by atoms with Gasteiger partial charge in [-0.3, -0.25) is 4.90 Å². The fourth-order valence-electron chi connectivity index (χ4n) is 4.07. The molecule has 0 bridgehead atoms. The van der Waals surface area contributed by atoms with E-state index in [0.717, 1.165) is 48.4 Å². The lowest BCUT2D eigenvalue weighted by Gasteiger charge is -2.38. The van der Waals surface area contributed by atoms with E-state index >= 15 is 0 Å². The zero-order chi connectivity index (χ0) is 14.3. The largest absolute Gasteiger partial charge is 0.496 e. The van der Waals surface area contributed by atoms with Crippen molar-refractivity contribution in [1.29, 1.82) is 0 Å². The van der Waals surface area contributed by atoms with Crippen molar-refractivity contribution in [2.75, 3.05) is 20.2 Å². The molecule has 3 heteroatoms. The Hall–Kier alpha value is -1.06. The van der Waals surface area contributed by atoms with E-state index in [4.69, 9.17) is 4.74 Å². The van der Waals surface area contributed by atoms with E-state index in [-0.39, 0.29) is 0 Å². The monoisotopic (exact) mass is 275 g/mol. The summed E-state index contributed by atoms with van der Waals surface area (Å²) >= 11 is 0. The topological polar surface area (TPSA) is 32.7 Å². The molecule has 2 fully saturated rings. The zero-order valence-corrected chi connectivity index (χ0v) is 12.8. The van der Waals surface area contributed by atoms with Crippen molar-refractivity contribution in [3.8, 4) is 5.75 Å². The van der Waals surface area contributed by atoms with Gasteiger partial charge >= 0.3 is 0 Å². The molecule has 1 aromatic rings. The average molecular weight is 275 g/mol. The highest BCUT2D eigenvalue weighted by molar-refractivity contribution is 5.45. The molecule has 0 aliphatic carbocycles. The summed E-state index contributed by atoms with van der Waals surface area (Å²) in [6.45, 7) is 6.30. The number of rotatable bonds is 2. The number of ether oxygens (including phenoxy) is 1. The third-order valence-electron chi connectivity index (χ3n) is 5.15. The average Bonchev–Trinajstić information content (AvgIpc) is 2.80. The summed E-state index contributed by atoms with van der Waals surface area (Å²) in [5.74, 6) is 0.911. The van der Waals surface area contributed by atoms with Crippen LogP contribution in [-0.2, 0) is 5.60 Å². The van der Waals surface area contributed by atoms with E-state index in [2.05, 4.69) is 30.9 Å².